The number of amides is 1. The molecule has 0 unspecified atom stereocenters. The lowest BCUT2D eigenvalue weighted by atomic mass is 9.84. The number of aromatic nitrogens is 2. The molecule has 0 aromatic carbocycles. The summed E-state index contributed by atoms with van der Waals surface area (Å²) < 4.78 is 0. The SMILES string of the molecule is O=C(NC[C@]1(O)C[C@@H]2CC[C@H]1C2)c1cc(=O)[nH]c(C2CC2)n1. The summed E-state index contributed by atoms with van der Waals surface area (Å²) in [7, 11) is 0. The Morgan fingerprint density at radius 2 is 2.23 bits per heavy atom. The first-order valence-corrected chi connectivity index (χ1v) is 8.15. The number of H-pyrrole nitrogens is 1. The largest absolute Gasteiger partial charge is 0.388 e. The van der Waals surface area contributed by atoms with Crippen molar-refractivity contribution in [1.29, 1.82) is 0 Å². The fourth-order valence-corrected chi connectivity index (χ4v) is 4.10. The van der Waals surface area contributed by atoms with Crippen LogP contribution in [0.15, 0.2) is 10.9 Å². The van der Waals surface area contributed by atoms with E-state index in [9.17, 15) is 14.7 Å². The molecule has 0 saturated heterocycles. The predicted molar refractivity (Wildman–Crippen MR) is 79.6 cm³/mol. The van der Waals surface area contributed by atoms with Gasteiger partial charge in [-0.05, 0) is 50.4 Å². The topological polar surface area (TPSA) is 95.1 Å². The van der Waals surface area contributed by atoms with Crippen LogP contribution in [0.25, 0.3) is 0 Å². The first-order valence-electron chi connectivity index (χ1n) is 8.15. The van der Waals surface area contributed by atoms with Crippen LogP contribution in [0.4, 0.5) is 0 Å². The van der Waals surface area contributed by atoms with Crippen molar-refractivity contribution in [3.05, 3.63) is 27.9 Å². The van der Waals surface area contributed by atoms with E-state index in [1.54, 1.807) is 0 Å². The molecule has 1 amide bonds. The maximum atomic E-state index is 12.3. The summed E-state index contributed by atoms with van der Waals surface area (Å²) in [5.41, 5.74) is -0.919. The van der Waals surface area contributed by atoms with Gasteiger partial charge in [0, 0.05) is 18.5 Å². The lowest BCUT2D eigenvalue weighted by Gasteiger charge is -2.32. The van der Waals surface area contributed by atoms with E-state index in [2.05, 4.69) is 15.3 Å². The normalized spacial score (nSPS) is 33.1. The van der Waals surface area contributed by atoms with Crippen molar-refractivity contribution in [3.63, 3.8) is 0 Å². The molecule has 3 aliphatic carbocycles. The smallest absolute Gasteiger partial charge is 0.270 e. The molecule has 4 rings (SSSR count). The van der Waals surface area contributed by atoms with Crippen LogP contribution in [0.3, 0.4) is 0 Å². The van der Waals surface area contributed by atoms with E-state index < -0.39 is 5.60 Å². The van der Waals surface area contributed by atoms with E-state index in [-0.39, 0.29) is 29.6 Å². The highest BCUT2D eigenvalue weighted by molar-refractivity contribution is 5.92. The Labute approximate surface area is 128 Å². The molecule has 0 spiro atoms. The van der Waals surface area contributed by atoms with Crippen LogP contribution in [0.2, 0.25) is 0 Å². The van der Waals surface area contributed by atoms with Crippen molar-refractivity contribution in [1.82, 2.24) is 15.3 Å². The second-order valence-corrected chi connectivity index (χ2v) is 7.16. The summed E-state index contributed by atoms with van der Waals surface area (Å²) in [4.78, 5) is 30.9. The fourth-order valence-electron chi connectivity index (χ4n) is 4.10. The molecule has 6 nitrogen and oxygen atoms in total. The predicted octanol–water partition coefficient (Wildman–Crippen LogP) is 0.928. The number of hydrogen-bond donors (Lipinski definition) is 3. The maximum absolute atomic E-state index is 12.3. The van der Waals surface area contributed by atoms with Crippen molar-refractivity contribution < 1.29 is 9.90 Å². The van der Waals surface area contributed by atoms with Crippen molar-refractivity contribution in [3.8, 4) is 0 Å². The van der Waals surface area contributed by atoms with Crippen molar-refractivity contribution in [2.45, 2.75) is 50.0 Å². The second kappa shape index (κ2) is 4.91. The van der Waals surface area contributed by atoms with Crippen LogP contribution >= 0.6 is 0 Å². The standard InChI is InChI=1S/C16H21N3O3/c20-13-6-12(18-14(19-13)10-2-3-10)15(21)17-8-16(22)7-9-1-4-11(16)5-9/h6,9-11,22H,1-5,7-8H2,(H,17,21)(H,18,19,20)/t9-,11+,16-/m1/s1. The lowest BCUT2D eigenvalue weighted by molar-refractivity contribution is -0.0109. The zero-order valence-electron chi connectivity index (χ0n) is 12.5. The number of carbonyl (C=O) groups excluding carboxylic acids is 1. The summed E-state index contributed by atoms with van der Waals surface area (Å²) in [5.74, 6) is 1.42. The summed E-state index contributed by atoms with van der Waals surface area (Å²) >= 11 is 0. The molecule has 3 fully saturated rings. The molecular formula is C16H21N3O3. The van der Waals surface area contributed by atoms with Gasteiger partial charge in [-0.3, -0.25) is 9.59 Å². The molecule has 3 aliphatic rings. The molecule has 0 aliphatic heterocycles. The quantitative estimate of drug-likeness (QED) is 0.771. The van der Waals surface area contributed by atoms with Crippen LogP contribution in [0.5, 0.6) is 0 Å². The van der Waals surface area contributed by atoms with Gasteiger partial charge < -0.3 is 15.4 Å². The summed E-state index contributed by atoms with van der Waals surface area (Å²) in [5, 5.41) is 13.5. The summed E-state index contributed by atoms with van der Waals surface area (Å²) in [6.07, 6.45) is 6.11. The van der Waals surface area contributed by atoms with Crippen molar-refractivity contribution in [2.24, 2.45) is 11.8 Å². The minimum Gasteiger partial charge on any atom is -0.388 e. The van der Waals surface area contributed by atoms with Crippen molar-refractivity contribution in [2.75, 3.05) is 6.54 Å². The van der Waals surface area contributed by atoms with Crippen molar-refractivity contribution >= 4 is 5.91 Å². The summed E-state index contributed by atoms with van der Waals surface area (Å²) in [6.45, 7) is 0.250. The third-order valence-corrected chi connectivity index (χ3v) is 5.46. The average Bonchev–Trinajstić information content (AvgIpc) is 3.17. The number of nitrogens with one attached hydrogen (secondary N) is 2. The Hall–Kier alpha value is -1.69. The van der Waals surface area contributed by atoms with Crippen LogP contribution in [-0.4, -0.2) is 33.1 Å². The Bertz CT molecular complexity index is 667. The van der Waals surface area contributed by atoms with Gasteiger partial charge >= 0.3 is 0 Å². The number of hydrogen-bond acceptors (Lipinski definition) is 4. The molecule has 2 bridgehead atoms. The van der Waals surface area contributed by atoms with Gasteiger partial charge in [-0.1, -0.05) is 0 Å². The van der Waals surface area contributed by atoms with Gasteiger partial charge in [0.05, 0.1) is 5.60 Å². The van der Waals surface area contributed by atoms with Crippen LogP contribution in [0.1, 0.15) is 60.8 Å². The van der Waals surface area contributed by atoms with E-state index in [0.29, 0.717) is 17.7 Å². The molecule has 6 heteroatoms. The molecule has 1 heterocycles. The number of nitrogens with zero attached hydrogens (tertiary/aromatic N) is 1. The average molecular weight is 303 g/mol. The lowest BCUT2D eigenvalue weighted by Crippen LogP contribution is -2.46. The highest BCUT2D eigenvalue weighted by Crippen LogP contribution is 2.50. The molecule has 118 valence electrons. The zero-order valence-corrected chi connectivity index (χ0v) is 12.5. The first kappa shape index (κ1) is 13.9. The molecule has 1 aromatic rings. The highest BCUT2D eigenvalue weighted by Gasteiger charge is 2.49. The number of carbonyl (C=O) groups is 1. The molecule has 22 heavy (non-hydrogen) atoms. The van der Waals surface area contributed by atoms with Gasteiger partial charge in [-0.25, -0.2) is 4.98 Å². The molecule has 0 radical (unpaired) electrons. The Morgan fingerprint density at radius 1 is 1.41 bits per heavy atom. The monoisotopic (exact) mass is 303 g/mol. The number of rotatable bonds is 4. The molecule has 3 atom stereocenters. The number of fused-ring (bicyclic) bond motifs is 2. The van der Waals surface area contributed by atoms with E-state index in [0.717, 1.165) is 32.1 Å². The van der Waals surface area contributed by atoms with Gasteiger partial charge in [0.1, 0.15) is 11.5 Å². The first-order chi connectivity index (χ1) is 10.5. The van der Waals surface area contributed by atoms with E-state index in [1.807, 2.05) is 0 Å². The van der Waals surface area contributed by atoms with Gasteiger partial charge in [-0.15, -0.1) is 0 Å². The van der Waals surface area contributed by atoms with Crippen LogP contribution in [-0.2, 0) is 0 Å². The summed E-state index contributed by atoms with van der Waals surface area (Å²) in [6, 6.07) is 1.23. The van der Waals surface area contributed by atoms with E-state index >= 15 is 0 Å². The Kier molecular flexibility index (Phi) is 3.11. The number of aliphatic hydroxyl groups is 1. The molecule has 3 N–H and O–H groups in total. The van der Waals surface area contributed by atoms with Gasteiger partial charge in [0.2, 0.25) is 0 Å². The minimum atomic E-state index is -0.779. The molecular weight excluding hydrogens is 282 g/mol. The number of aromatic amines is 1. The molecule has 3 saturated carbocycles. The van der Waals surface area contributed by atoms with E-state index in [1.165, 1.54) is 12.5 Å². The Morgan fingerprint density at radius 3 is 2.86 bits per heavy atom. The molecule has 1 aromatic heterocycles. The fraction of sp³-hybridized carbons (Fsp3) is 0.688. The maximum Gasteiger partial charge on any atom is 0.270 e. The third-order valence-electron chi connectivity index (χ3n) is 5.46. The van der Waals surface area contributed by atoms with Crippen LogP contribution < -0.4 is 10.9 Å². The Balaban J connectivity index is 1.45. The van der Waals surface area contributed by atoms with Gasteiger partial charge in [-0.2, -0.15) is 0 Å². The van der Waals surface area contributed by atoms with Gasteiger partial charge in [0.15, 0.2) is 0 Å². The van der Waals surface area contributed by atoms with Crippen LogP contribution in [0, 0.1) is 11.8 Å². The minimum absolute atomic E-state index is 0.150. The third kappa shape index (κ3) is 2.45. The second-order valence-electron chi connectivity index (χ2n) is 7.16. The van der Waals surface area contributed by atoms with E-state index in [4.69, 9.17) is 0 Å². The van der Waals surface area contributed by atoms with Gasteiger partial charge in [0.25, 0.3) is 11.5 Å². The highest BCUT2D eigenvalue weighted by atomic mass is 16.3. The zero-order chi connectivity index (χ0) is 15.3.